The van der Waals surface area contributed by atoms with Gasteiger partial charge in [-0.05, 0) is 43.2 Å². The van der Waals surface area contributed by atoms with E-state index in [0.717, 1.165) is 28.9 Å². The zero-order valence-electron chi connectivity index (χ0n) is 15.5. The van der Waals surface area contributed by atoms with Crippen LogP contribution in [0.3, 0.4) is 0 Å². The molecule has 6 nitrogen and oxygen atoms in total. The number of sulfone groups is 1. The van der Waals surface area contributed by atoms with Crippen molar-refractivity contribution in [2.75, 3.05) is 23.7 Å². The van der Waals surface area contributed by atoms with E-state index < -0.39 is 21.5 Å². The number of nitrogens with zero attached hydrogens (tertiary/aromatic N) is 2. The summed E-state index contributed by atoms with van der Waals surface area (Å²) in [5.74, 6) is -0.325. The Labute approximate surface area is 169 Å². The number of benzene rings is 1. The van der Waals surface area contributed by atoms with Gasteiger partial charge in [0.2, 0.25) is 5.91 Å². The van der Waals surface area contributed by atoms with Gasteiger partial charge in [0, 0.05) is 30.3 Å². The first kappa shape index (κ1) is 21.4. The monoisotopic (exact) mass is 453 g/mol. The predicted molar refractivity (Wildman–Crippen MR) is 111 cm³/mol. The van der Waals surface area contributed by atoms with Gasteiger partial charge in [-0.2, -0.15) is 0 Å². The summed E-state index contributed by atoms with van der Waals surface area (Å²) >= 11 is 3.31. The van der Waals surface area contributed by atoms with Crippen LogP contribution in [-0.4, -0.2) is 38.2 Å². The van der Waals surface area contributed by atoms with Crippen LogP contribution in [0.15, 0.2) is 47.1 Å². The Morgan fingerprint density at radius 1 is 1.07 bits per heavy atom. The summed E-state index contributed by atoms with van der Waals surface area (Å²) in [5.41, 5.74) is 1.48. The van der Waals surface area contributed by atoms with Crippen LogP contribution in [0, 0.1) is 0 Å². The molecule has 0 unspecified atom stereocenters. The Balaban J connectivity index is 1.87. The first-order valence-electron chi connectivity index (χ1n) is 8.74. The van der Waals surface area contributed by atoms with E-state index >= 15 is 0 Å². The third-order valence-electron chi connectivity index (χ3n) is 4.04. The van der Waals surface area contributed by atoms with Gasteiger partial charge in [0.15, 0.2) is 9.84 Å². The van der Waals surface area contributed by atoms with Crippen molar-refractivity contribution in [1.82, 2.24) is 10.3 Å². The van der Waals surface area contributed by atoms with Crippen molar-refractivity contribution in [3.05, 3.63) is 58.2 Å². The molecule has 0 fully saturated rings. The molecule has 27 heavy (non-hydrogen) atoms. The predicted octanol–water partition coefficient (Wildman–Crippen LogP) is 2.92. The number of nitrogens with one attached hydrogen (secondary N) is 1. The van der Waals surface area contributed by atoms with Gasteiger partial charge >= 0.3 is 0 Å². The molecule has 0 aliphatic carbocycles. The lowest BCUT2D eigenvalue weighted by Crippen LogP contribution is -2.30. The number of hydrogen-bond donors (Lipinski definition) is 1. The average Bonchev–Trinajstić information content (AvgIpc) is 2.63. The molecule has 146 valence electrons. The largest absolute Gasteiger partial charge is 0.357 e. The quantitative estimate of drug-likeness (QED) is 0.631. The maximum absolute atomic E-state index is 12.2. The number of pyridine rings is 1. The molecule has 0 spiro atoms. The summed E-state index contributed by atoms with van der Waals surface area (Å²) in [4.78, 5) is 18.5. The second-order valence-electron chi connectivity index (χ2n) is 6.13. The Morgan fingerprint density at radius 2 is 1.70 bits per heavy atom. The van der Waals surface area contributed by atoms with E-state index in [0.29, 0.717) is 5.56 Å². The van der Waals surface area contributed by atoms with Crippen LogP contribution in [0.5, 0.6) is 0 Å². The van der Waals surface area contributed by atoms with Crippen LogP contribution in [0.4, 0.5) is 5.82 Å². The molecule has 0 saturated carbocycles. The van der Waals surface area contributed by atoms with Crippen molar-refractivity contribution in [1.29, 1.82) is 0 Å². The molecule has 0 saturated heterocycles. The normalized spacial score (nSPS) is 11.2. The Kier molecular flexibility index (Phi) is 7.79. The molecule has 1 N–H and O–H groups in total. The Hall–Kier alpha value is -1.93. The van der Waals surface area contributed by atoms with E-state index in [1.54, 1.807) is 30.5 Å². The standard InChI is InChI=1S/C19H24BrN3O3S/c1-3-23(4-2)18-10-7-16(11-21-18)12-22-19(24)14-27(25,26)13-15-5-8-17(20)9-6-15/h5-11H,3-4,12-14H2,1-2H3,(H,22,24). The molecular weight excluding hydrogens is 430 g/mol. The van der Waals surface area contributed by atoms with Crippen molar-refractivity contribution >= 4 is 37.5 Å². The summed E-state index contributed by atoms with van der Waals surface area (Å²) in [7, 11) is -3.53. The molecule has 0 atom stereocenters. The number of halogens is 1. The van der Waals surface area contributed by atoms with Crippen LogP contribution in [0.25, 0.3) is 0 Å². The minimum Gasteiger partial charge on any atom is -0.357 e. The summed E-state index contributed by atoms with van der Waals surface area (Å²) < 4.78 is 25.3. The molecule has 2 rings (SSSR count). The number of aromatic nitrogens is 1. The molecule has 2 aromatic rings. The van der Waals surface area contributed by atoms with Crippen molar-refractivity contribution < 1.29 is 13.2 Å². The van der Waals surface area contributed by atoms with Gasteiger partial charge in [-0.25, -0.2) is 13.4 Å². The topological polar surface area (TPSA) is 79.4 Å². The highest BCUT2D eigenvalue weighted by Crippen LogP contribution is 2.13. The zero-order valence-corrected chi connectivity index (χ0v) is 17.9. The van der Waals surface area contributed by atoms with Crippen LogP contribution in [-0.2, 0) is 26.9 Å². The lowest BCUT2D eigenvalue weighted by molar-refractivity contribution is -0.118. The second-order valence-corrected chi connectivity index (χ2v) is 9.11. The van der Waals surface area contributed by atoms with Gasteiger partial charge in [0.05, 0.1) is 5.75 Å². The average molecular weight is 454 g/mol. The van der Waals surface area contributed by atoms with E-state index in [9.17, 15) is 13.2 Å². The lowest BCUT2D eigenvalue weighted by atomic mass is 10.2. The molecule has 0 radical (unpaired) electrons. The van der Waals surface area contributed by atoms with Crippen LogP contribution < -0.4 is 10.2 Å². The van der Waals surface area contributed by atoms with Crippen LogP contribution in [0.1, 0.15) is 25.0 Å². The fourth-order valence-electron chi connectivity index (χ4n) is 2.59. The summed E-state index contributed by atoms with van der Waals surface area (Å²) in [6, 6.07) is 10.8. The van der Waals surface area contributed by atoms with Crippen molar-refractivity contribution in [2.45, 2.75) is 26.1 Å². The number of carbonyl (C=O) groups excluding carboxylic acids is 1. The van der Waals surface area contributed by atoms with Gasteiger partial charge in [-0.1, -0.05) is 34.1 Å². The minimum absolute atomic E-state index is 0.159. The van der Waals surface area contributed by atoms with Gasteiger partial charge < -0.3 is 10.2 Å². The van der Waals surface area contributed by atoms with Crippen LogP contribution >= 0.6 is 15.9 Å². The fourth-order valence-corrected chi connectivity index (χ4v) is 4.16. The van der Waals surface area contributed by atoms with E-state index in [1.165, 1.54) is 0 Å². The summed E-state index contributed by atoms with van der Waals surface area (Å²) in [5, 5.41) is 2.65. The smallest absolute Gasteiger partial charge is 0.235 e. The highest BCUT2D eigenvalue weighted by molar-refractivity contribution is 9.10. The molecule has 1 aromatic carbocycles. The highest BCUT2D eigenvalue weighted by Gasteiger charge is 2.17. The zero-order chi connectivity index (χ0) is 19.9. The first-order valence-corrected chi connectivity index (χ1v) is 11.4. The Bertz CT molecular complexity index is 849. The number of carbonyl (C=O) groups is 1. The Morgan fingerprint density at radius 3 is 2.26 bits per heavy atom. The molecule has 1 heterocycles. The third-order valence-corrected chi connectivity index (χ3v) is 6.04. The number of rotatable bonds is 9. The van der Waals surface area contributed by atoms with Gasteiger partial charge in [0.1, 0.15) is 11.6 Å². The minimum atomic E-state index is -3.53. The third kappa shape index (κ3) is 6.95. The van der Waals surface area contributed by atoms with E-state index in [2.05, 4.69) is 45.0 Å². The summed E-state index contributed by atoms with van der Waals surface area (Å²) in [6.07, 6.45) is 1.70. The number of hydrogen-bond acceptors (Lipinski definition) is 5. The number of amides is 1. The van der Waals surface area contributed by atoms with E-state index in [-0.39, 0.29) is 12.3 Å². The maximum Gasteiger partial charge on any atom is 0.235 e. The number of anilines is 1. The second kappa shape index (κ2) is 9.85. The van der Waals surface area contributed by atoms with E-state index in [1.807, 2.05) is 12.1 Å². The highest BCUT2D eigenvalue weighted by atomic mass is 79.9. The molecule has 1 aromatic heterocycles. The van der Waals surface area contributed by atoms with Gasteiger partial charge in [-0.3, -0.25) is 4.79 Å². The van der Waals surface area contributed by atoms with Crippen LogP contribution in [0.2, 0.25) is 0 Å². The van der Waals surface area contributed by atoms with E-state index in [4.69, 9.17) is 0 Å². The van der Waals surface area contributed by atoms with Gasteiger partial charge in [0.25, 0.3) is 0 Å². The fraction of sp³-hybridized carbons (Fsp3) is 0.368. The molecule has 0 aliphatic heterocycles. The molecule has 0 bridgehead atoms. The van der Waals surface area contributed by atoms with Crippen molar-refractivity contribution in [2.24, 2.45) is 0 Å². The van der Waals surface area contributed by atoms with Crippen molar-refractivity contribution in [3.63, 3.8) is 0 Å². The molecule has 1 amide bonds. The molecule has 8 heteroatoms. The van der Waals surface area contributed by atoms with Crippen molar-refractivity contribution in [3.8, 4) is 0 Å². The SMILES string of the molecule is CCN(CC)c1ccc(CNC(=O)CS(=O)(=O)Cc2ccc(Br)cc2)cn1. The first-order chi connectivity index (χ1) is 12.8. The molecular formula is C19H24BrN3O3S. The van der Waals surface area contributed by atoms with Gasteiger partial charge in [-0.15, -0.1) is 0 Å². The summed E-state index contributed by atoms with van der Waals surface area (Å²) in [6.45, 7) is 6.12. The maximum atomic E-state index is 12.2. The molecule has 0 aliphatic rings. The lowest BCUT2D eigenvalue weighted by Gasteiger charge is -2.19.